The zero-order valence-corrected chi connectivity index (χ0v) is 15.4. The Balaban J connectivity index is 2.09. The Morgan fingerprint density at radius 3 is 2.48 bits per heavy atom. The van der Waals surface area contributed by atoms with Crippen LogP contribution >= 0.6 is 0 Å². The third-order valence-electron chi connectivity index (χ3n) is 3.61. The number of hydrogen-bond donors (Lipinski definition) is 2. The first-order valence-corrected chi connectivity index (χ1v) is 9.44. The first kappa shape index (κ1) is 20.6. The Kier molecular flexibility index (Phi) is 7.11. The molecule has 1 amide bonds. The van der Waals surface area contributed by atoms with Gasteiger partial charge in [-0.15, -0.1) is 0 Å². The summed E-state index contributed by atoms with van der Waals surface area (Å²) in [6.45, 7) is -0.194. The van der Waals surface area contributed by atoms with E-state index in [-0.39, 0.29) is 30.2 Å². The number of furan rings is 1. The summed E-state index contributed by atoms with van der Waals surface area (Å²) in [5.74, 6) is -1.21. The highest BCUT2D eigenvalue weighted by molar-refractivity contribution is 7.89. The van der Waals surface area contributed by atoms with Crippen molar-refractivity contribution in [3.63, 3.8) is 0 Å². The fourth-order valence-electron chi connectivity index (χ4n) is 2.24. The molecule has 0 saturated carbocycles. The van der Waals surface area contributed by atoms with Gasteiger partial charge in [0.05, 0.1) is 24.3 Å². The van der Waals surface area contributed by atoms with E-state index < -0.39 is 28.4 Å². The van der Waals surface area contributed by atoms with Gasteiger partial charge in [-0.2, -0.15) is 0 Å². The number of methoxy groups -OCH3 is 1. The zero-order valence-electron chi connectivity index (χ0n) is 14.6. The molecule has 0 atom stereocenters. The SMILES string of the molecule is COCCN(CC(=O)O)C(=O)c1ccc(S(=O)(=O)NCc2ccco2)cc1. The maximum atomic E-state index is 12.5. The lowest BCUT2D eigenvalue weighted by atomic mass is 10.2. The lowest BCUT2D eigenvalue weighted by Crippen LogP contribution is -2.38. The quantitative estimate of drug-likeness (QED) is 0.612. The number of benzene rings is 1. The molecule has 1 heterocycles. The Hall–Kier alpha value is -2.69. The molecule has 146 valence electrons. The number of carboxylic acid groups (broad SMARTS) is 1. The molecule has 0 aliphatic rings. The smallest absolute Gasteiger partial charge is 0.323 e. The van der Waals surface area contributed by atoms with Crippen LogP contribution in [0.3, 0.4) is 0 Å². The highest BCUT2D eigenvalue weighted by atomic mass is 32.2. The lowest BCUT2D eigenvalue weighted by molar-refractivity contribution is -0.137. The Morgan fingerprint density at radius 1 is 1.22 bits per heavy atom. The molecule has 9 nitrogen and oxygen atoms in total. The van der Waals surface area contributed by atoms with E-state index in [0.29, 0.717) is 5.76 Å². The molecule has 0 saturated heterocycles. The monoisotopic (exact) mass is 396 g/mol. The van der Waals surface area contributed by atoms with Crippen molar-refractivity contribution in [1.29, 1.82) is 0 Å². The summed E-state index contributed by atoms with van der Waals surface area (Å²) in [5, 5.41) is 8.94. The van der Waals surface area contributed by atoms with Crippen LogP contribution in [-0.4, -0.2) is 57.1 Å². The molecule has 0 aliphatic heterocycles. The number of rotatable bonds is 10. The summed E-state index contributed by atoms with van der Waals surface area (Å²) in [6.07, 6.45) is 1.44. The van der Waals surface area contributed by atoms with Crippen LogP contribution in [0.25, 0.3) is 0 Å². The third-order valence-corrected chi connectivity index (χ3v) is 5.02. The van der Waals surface area contributed by atoms with Gasteiger partial charge >= 0.3 is 5.97 Å². The number of nitrogens with one attached hydrogen (secondary N) is 1. The molecule has 27 heavy (non-hydrogen) atoms. The van der Waals surface area contributed by atoms with Crippen molar-refractivity contribution in [2.45, 2.75) is 11.4 Å². The number of amides is 1. The number of carbonyl (C=O) groups is 2. The van der Waals surface area contributed by atoms with E-state index in [1.807, 2.05) is 0 Å². The van der Waals surface area contributed by atoms with Gasteiger partial charge in [0.15, 0.2) is 0 Å². The Labute approximate surface area is 156 Å². The fraction of sp³-hybridized carbons (Fsp3) is 0.294. The summed E-state index contributed by atoms with van der Waals surface area (Å²) in [5.41, 5.74) is 0.178. The molecule has 2 N–H and O–H groups in total. The van der Waals surface area contributed by atoms with Gasteiger partial charge in [-0.1, -0.05) is 0 Å². The van der Waals surface area contributed by atoms with E-state index in [9.17, 15) is 18.0 Å². The maximum Gasteiger partial charge on any atom is 0.323 e. The van der Waals surface area contributed by atoms with E-state index in [4.69, 9.17) is 14.3 Å². The summed E-state index contributed by atoms with van der Waals surface area (Å²) in [4.78, 5) is 24.5. The lowest BCUT2D eigenvalue weighted by Gasteiger charge is -2.20. The fourth-order valence-corrected chi connectivity index (χ4v) is 3.23. The minimum atomic E-state index is -3.78. The van der Waals surface area contributed by atoms with Gasteiger partial charge in [0.1, 0.15) is 12.3 Å². The van der Waals surface area contributed by atoms with Crippen LogP contribution in [0.2, 0.25) is 0 Å². The van der Waals surface area contributed by atoms with Gasteiger partial charge < -0.3 is 19.2 Å². The minimum absolute atomic E-state index is 0.000573. The minimum Gasteiger partial charge on any atom is -0.480 e. The molecule has 1 aromatic carbocycles. The molecular formula is C17H20N2O7S. The van der Waals surface area contributed by atoms with E-state index in [1.54, 1.807) is 12.1 Å². The first-order valence-electron chi connectivity index (χ1n) is 7.95. The van der Waals surface area contributed by atoms with E-state index in [1.165, 1.54) is 37.6 Å². The van der Waals surface area contributed by atoms with Crippen LogP contribution in [0.4, 0.5) is 0 Å². The molecule has 1 aromatic heterocycles. The van der Waals surface area contributed by atoms with Crippen LogP contribution < -0.4 is 4.72 Å². The topological polar surface area (TPSA) is 126 Å². The molecule has 2 rings (SSSR count). The van der Waals surface area contributed by atoms with Crippen LogP contribution in [0.5, 0.6) is 0 Å². The Morgan fingerprint density at radius 2 is 1.93 bits per heavy atom. The van der Waals surface area contributed by atoms with Gasteiger partial charge in [0.25, 0.3) is 5.91 Å². The van der Waals surface area contributed by atoms with E-state index >= 15 is 0 Å². The van der Waals surface area contributed by atoms with Crippen molar-refractivity contribution in [2.24, 2.45) is 0 Å². The molecule has 0 radical (unpaired) electrons. The second-order valence-corrected chi connectivity index (χ2v) is 7.31. The van der Waals surface area contributed by atoms with Gasteiger partial charge in [0.2, 0.25) is 10.0 Å². The number of sulfonamides is 1. The Bertz CT molecular complexity index is 861. The maximum absolute atomic E-state index is 12.5. The number of nitrogens with zero attached hydrogens (tertiary/aromatic N) is 1. The van der Waals surface area contributed by atoms with Crippen LogP contribution in [0.15, 0.2) is 52.0 Å². The highest BCUT2D eigenvalue weighted by Gasteiger charge is 2.20. The number of carbonyl (C=O) groups excluding carboxylic acids is 1. The van der Waals surface area contributed by atoms with Crippen LogP contribution in [-0.2, 0) is 26.1 Å². The van der Waals surface area contributed by atoms with Crippen molar-refractivity contribution >= 4 is 21.9 Å². The van der Waals surface area contributed by atoms with Crippen molar-refractivity contribution in [3.05, 3.63) is 54.0 Å². The molecule has 2 aromatic rings. The second-order valence-electron chi connectivity index (χ2n) is 5.54. The summed E-state index contributed by atoms with van der Waals surface area (Å²) in [7, 11) is -2.34. The standard InChI is InChI=1S/C17H20N2O7S/c1-25-10-8-19(12-16(20)21)17(22)13-4-6-15(7-5-13)27(23,24)18-11-14-3-2-9-26-14/h2-7,9,18H,8,10-12H2,1H3,(H,20,21). The summed E-state index contributed by atoms with van der Waals surface area (Å²) >= 11 is 0. The average Bonchev–Trinajstić information content (AvgIpc) is 3.16. The summed E-state index contributed by atoms with van der Waals surface area (Å²) < 4.78 is 36.9. The number of carboxylic acids is 1. The van der Waals surface area contributed by atoms with E-state index in [2.05, 4.69) is 4.72 Å². The number of hydrogen-bond acceptors (Lipinski definition) is 6. The average molecular weight is 396 g/mol. The molecule has 0 fully saturated rings. The van der Waals surface area contributed by atoms with Crippen LogP contribution in [0.1, 0.15) is 16.1 Å². The largest absolute Gasteiger partial charge is 0.480 e. The third kappa shape index (κ3) is 5.91. The van der Waals surface area contributed by atoms with Crippen molar-refractivity contribution in [1.82, 2.24) is 9.62 Å². The molecule has 0 aliphatic carbocycles. The number of ether oxygens (including phenoxy) is 1. The first-order chi connectivity index (χ1) is 12.8. The molecule has 0 bridgehead atoms. The predicted octanol–water partition coefficient (Wildman–Crippen LogP) is 0.931. The predicted molar refractivity (Wildman–Crippen MR) is 94.6 cm³/mol. The highest BCUT2D eigenvalue weighted by Crippen LogP contribution is 2.13. The molecule has 0 unspecified atom stereocenters. The van der Waals surface area contributed by atoms with Crippen molar-refractivity contribution in [3.8, 4) is 0 Å². The van der Waals surface area contributed by atoms with Gasteiger partial charge in [-0.05, 0) is 36.4 Å². The zero-order chi connectivity index (χ0) is 19.9. The van der Waals surface area contributed by atoms with Gasteiger partial charge in [-0.25, -0.2) is 13.1 Å². The summed E-state index contributed by atoms with van der Waals surface area (Å²) in [6, 6.07) is 8.54. The second kappa shape index (κ2) is 9.31. The van der Waals surface area contributed by atoms with Crippen LogP contribution in [0, 0.1) is 0 Å². The molecule has 0 spiro atoms. The molecular weight excluding hydrogens is 376 g/mol. The van der Waals surface area contributed by atoms with Crippen molar-refractivity contribution in [2.75, 3.05) is 26.8 Å². The van der Waals surface area contributed by atoms with Gasteiger partial charge in [-0.3, -0.25) is 9.59 Å². The van der Waals surface area contributed by atoms with E-state index in [0.717, 1.165) is 4.90 Å². The van der Waals surface area contributed by atoms with Gasteiger partial charge in [0, 0.05) is 19.2 Å². The normalized spacial score (nSPS) is 11.3. The number of aliphatic carboxylic acids is 1. The molecule has 10 heteroatoms. The van der Waals surface area contributed by atoms with Crippen molar-refractivity contribution < 1.29 is 32.3 Å².